The Balaban J connectivity index is 1.34. The van der Waals surface area contributed by atoms with E-state index < -0.39 is 0 Å². The lowest BCUT2D eigenvalue weighted by Crippen LogP contribution is -2.39. The van der Waals surface area contributed by atoms with Crippen LogP contribution >= 0.6 is 0 Å². The second-order valence-corrected chi connectivity index (χ2v) is 6.93. The molecule has 0 atom stereocenters. The van der Waals surface area contributed by atoms with E-state index in [0.717, 1.165) is 0 Å². The van der Waals surface area contributed by atoms with Crippen molar-refractivity contribution in [2.24, 2.45) is 0 Å². The molecule has 1 fully saturated rings. The summed E-state index contributed by atoms with van der Waals surface area (Å²) >= 11 is 0. The Hall–Kier alpha value is -3.75. The number of rotatable bonds is 3. The van der Waals surface area contributed by atoms with Gasteiger partial charge in [0.1, 0.15) is 5.82 Å². The molecule has 154 valence electrons. The van der Waals surface area contributed by atoms with E-state index in [4.69, 9.17) is 0 Å². The van der Waals surface area contributed by atoms with Gasteiger partial charge in [0.05, 0.1) is 11.9 Å². The van der Waals surface area contributed by atoms with Gasteiger partial charge in [-0.2, -0.15) is 5.10 Å². The number of amides is 3. The first kappa shape index (κ1) is 19.6. The van der Waals surface area contributed by atoms with E-state index in [1.54, 1.807) is 51.3 Å². The summed E-state index contributed by atoms with van der Waals surface area (Å²) in [5.74, 6) is 0.121. The average molecular weight is 408 g/mol. The van der Waals surface area contributed by atoms with Crippen LogP contribution in [0.5, 0.6) is 0 Å². The Labute approximate surface area is 172 Å². The van der Waals surface area contributed by atoms with Crippen molar-refractivity contribution < 1.29 is 14.0 Å². The van der Waals surface area contributed by atoms with Crippen molar-refractivity contribution in [3.63, 3.8) is 0 Å². The molecule has 3 heterocycles. The summed E-state index contributed by atoms with van der Waals surface area (Å²) in [4.78, 5) is 32.9. The fourth-order valence-electron chi connectivity index (χ4n) is 3.30. The van der Waals surface area contributed by atoms with Crippen LogP contribution in [0.4, 0.5) is 14.9 Å². The standard InChI is InChI=1S/C21H21FN6O2/c22-17-5-3-16(4-6-17)20(29)26-10-2-11-27(14-13-26)21(30)25-18-7-8-19(23-15-18)28-12-1-9-24-28/h1,3-9,12,15H,2,10-11,13-14H2,(H,25,30). The highest BCUT2D eigenvalue weighted by Gasteiger charge is 2.23. The van der Waals surface area contributed by atoms with Crippen LogP contribution in [0.25, 0.3) is 5.82 Å². The Morgan fingerprint density at radius 1 is 0.967 bits per heavy atom. The molecule has 8 nitrogen and oxygen atoms in total. The molecule has 3 aromatic rings. The van der Waals surface area contributed by atoms with Gasteiger partial charge in [-0.1, -0.05) is 0 Å². The maximum atomic E-state index is 13.1. The topological polar surface area (TPSA) is 83.4 Å². The molecule has 4 rings (SSSR count). The van der Waals surface area contributed by atoms with Crippen molar-refractivity contribution in [2.75, 3.05) is 31.5 Å². The lowest BCUT2D eigenvalue weighted by atomic mass is 10.2. The van der Waals surface area contributed by atoms with Crippen LogP contribution in [0.3, 0.4) is 0 Å². The van der Waals surface area contributed by atoms with Gasteiger partial charge in [-0.3, -0.25) is 4.79 Å². The second-order valence-electron chi connectivity index (χ2n) is 6.93. The minimum Gasteiger partial charge on any atom is -0.337 e. The van der Waals surface area contributed by atoms with E-state index in [2.05, 4.69) is 15.4 Å². The fraction of sp³-hybridized carbons (Fsp3) is 0.238. The maximum Gasteiger partial charge on any atom is 0.321 e. The molecule has 30 heavy (non-hydrogen) atoms. The summed E-state index contributed by atoms with van der Waals surface area (Å²) in [7, 11) is 0. The van der Waals surface area contributed by atoms with E-state index in [9.17, 15) is 14.0 Å². The maximum absolute atomic E-state index is 13.1. The number of aromatic nitrogens is 3. The molecule has 0 bridgehead atoms. The normalized spacial score (nSPS) is 14.3. The molecule has 9 heteroatoms. The number of nitrogens with one attached hydrogen (secondary N) is 1. The smallest absolute Gasteiger partial charge is 0.321 e. The summed E-state index contributed by atoms with van der Waals surface area (Å²) in [6.45, 7) is 1.91. The predicted octanol–water partition coefficient (Wildman–Crippen LogP) is 2.79. The molecule has 1 aromatic carbocycles. The summed E-state index contributed by atoms with van der Waals surface area (Å²) < 4.78 is 14.7. The SMILES string of the molecule is O=C(Nc1ccc(-n2cccn2)nc1)N1CCCN(C(=O)c2ccc(F)cc2)CC1. The molecular formula is C21H21FN6O2. The highest BCUT2D eigenvalue weighted by atomic mass is 19.1. The number of nitrogens with zero attached hydrogens (tertiary/aromatic N) is 5. The van der Waals surface area contributed by atoms with Crippen LogP contribution in [0.15, 0.2) is 61.1 Å². The Morgan fingerprint density at radius 2 is 1.73 bits per heavy atom. The van der Waals surface area contributed by atoms with E-state index in [-0.39, 0.29) is 17.8 Å². The van der Waals surface area contributed by atoms with Crippen molar-refractivity contribution in [1.29, 1.82) is 0 Å². The lowest BCUT2D eigenvalue weighted by molar-refractivity contribution is 0.0762. The van der Waals surface area contributed by atoms with Crippen LogP contribution in [0.1, 0.15) is 16.8 Å². The largest absolute Gasteiger partial charge is 0.337 e. The quantitative estimate of drug-likeness (QED) is 0.722. The average Bonchev–Trinajstić information content (AvgIpc) is 3.18. The van der Waals surface area contributed by atoms with Crippen LogP contribution in [0.2, 0.25) is 0 Å². The van der Waals surface area contributed by atoms with Crippen molar-refractivity contribution in [3.8, 4) is 5.82 Å². The molecule has 1 aliphatic rings. The first-order valence-electron chi connectivity index (χ1n) is 9.67. The first-order chi connectivity index (χ1) is 14.6. The molecule has 1 saturated heterocycles. The number of anilines is 1. The number of carbonyl (C=O) groups is 2. The van der Waals surface area contributed by atoms with Gasteiger partial charge in [0.25, 0.3) is 5.91 Å². The number of hydrogen-bond donors (Lipinski definition) is 1. The third kappa shape index (κ3) is 4.45. The van der Waals surface area contributed by atoms with Crippen LogP contribution in [-0.2, 0) is 0 Å². The minimum atomic E-state index is -0.377. The van der Waals surface area contributed by atoms with Gasteiger partial charge in [-0.25, -0.2) is 18.9 Å². The Kier molecular flexibility index (Phi) is 5.69. The molecule has 0 aliphatic carbocycles. The third-order valence-electron chi connectivity index (χ3n) is 4.90. The molecule has 2 aromatic heterocycles. The van der Waals surface area contributed by atoms with Crippen LogP contribution in [0, 0.1) is 5.82 Å². The zero-order valence-electron chi connectivity index (χ0n) is 16.2. The summed E-state index contributed by atoms with van der Waals surface area (Å²) in [6, 6.07) is 10.6. The Morgan fingerprint density at radius 3 is 2.43 bits per heavy atom. The van der Waals surface area contributed by atoms with Crippen LogP contribution < -0.4 is 5.32 Å². The van der Waals surface area contributed by atoms with Crippen molar-refractivity contribution >= 4 is 17.6 Å². The third-order valence-corrected chi connectivity index (χ3v) is 4.90. The zero-order valence-corrected chi connectivity index (χ0v) is 16.2. The number of pyridine rings is 1. The number of benzene rings is 1. The van der Waals surface area contributed by atoms with E-state index in [1.807, 2.05) is 0 Å². The van der Waals surface area contributed by atoms with E-state index in [0.29, 0.717) is 49.7 Å². The van der Waals surface area contributed by atoms with Gasteiger partial charge in [0.2, 0.25) is 0 Å². The monoisotopic (exact) mass is 408 g/mol. The molecule has 1 aliphatic heterocycles. The Bertz CT molecular complexity index is 1000. The number of carbonyl (C=O) groups excluding carboxylic acids is 2. The molecule has 0 radical (unpaired) electrons. The highest BCUT2D eigenvalue weighted by Crippen LogP contribution is 2.13. The lowest BCUT2D eigenvalue weighted by Gasteiger charge is -2.22. The molecular weight excluding hydrogens is 387 g/mol. The first-order valence-corrected chi connectivity index (χ1v) is 9.67. The van der Waals surface area contributed by atoms with Gasteiger partial charge >= 0.3 is 6.03 Å². The zero-order chi connectivity index (χ0) is 20.9. The van der Waals surface area contributed by atoms with Gasteiger partial charge in [0, 0.05) is 44.1 Å². The fourth-order valence-corrected chi connectivity index (χ4v) is 3.30. The molecule has 0 spiro atoms. The van der Waals surface area contributed by atoms with Crippen molar-refractivity contribution in [3.05, 3.63) is 72.4 Å². The predicted molar refractivity (Wildman–Crippen MR) is 109 cm³/mol. The van der Waals surface area contributed by atoms with Gasteiger partial charge in [-0.05, 0) is 48.9 Å². The molecule has 0 unspecified atom stereocenters. The van der Waals surface area contributed by atoms with Gasteiger partial charge < -0.3 is 15.1 Å². The highest BCUT2D eigenvalue weighted by molar-refractivity contribution is 5.94. The molecule has 0 saturated carbocycles. The number of urea groups is 1. The summed E-state index contributed by atoms with van der Waals surface area (Å²) in [6.07, 6.45) is 5.70. The number of hydrogen-bond acceptors (Lipinski definition) is 4. The van der Waals surface area contributed by atoms with E-state index >= 15 is 0 Å². The molecule has 1 N–H and O–H groups in total. The van der Waals surface area contributed by atoms with E-state index in [1.165, 1.54) is 24.3 Å². The summed E-state index contributed by atoms with van der Waals surface area (Å²) in [5, 5.41) is 6.96. The van der Waals surface area contributed by atoms with Crippen molar-refractivity contribution in [2.45, 2.75) is 6.42 Å². The number of halogens is 1. The van der Waals surface area contributed by atoms with Crippen molar-refractivity contribution in [1.82, 2.24) is 24.6 Å². The second kappa shape index (κ2) is 8.73. The van der Waals surface area contributed by atoms with Crippen LogP contribution in [-0.4, -0.2) is 62.7 Å². The molecule has 3 amide bonds. The van der Waals surface area contributed by atoms with Gasteiger partial charge in [0.15, 0.2) is 5.82 Å². The minimum absolute atomic E-state index is 0.157. The summed E-state index contributed by atoms with van der Waals surface area (Å²) in [5.41, 5.74) is 1.03. The van der Waals surface area contributed by atoms with Gasteiger partial charge in [-0.15, -0.1) is 0 Å².